The molecule has 0 heterocycles. The molecule has 5 heteroatoms. The summed E-state index contributed by atoms with van der Waals surface area (Å²) in [5.41, 5.74) is 0. The van der Waals surface area contributed by atoms with E-state index >= 15 is 0 Å². The average molecular weight is 791 g/mol. The van der Waals surface area contributed by atoms with Crippen LogP contribution in [-0.4, -0.2) is 33.6 Å². The van der Waals surface area contributed by atoms with Crippen LogP contribution in [0.25, 0.3) is 0 Å². The summed E-state index contributed by atoms with van der Waals surface area (Å²) >= 11 is 0. The van der Waals surface area contributed by atoms with Gasteiger partial charge in [0.1, 0.15) is 6.61 Å². The van der Waals surface area contributed by atoms with Crippen molar-refractivity contribution in [3.63, 3.8) is 0 Å². The number of allylic oxidation sites excluding steroid dienone is 1. The van der Waals surface area contributed by atoms with Gasteiger partial charge in [-0.3, -0.25) is 4.79 Å². The Bertz CT molecular complexity index is 1170. The number of esters is 1. The zero-order valence-corrected chi connectivity index (χ0v) is 38.1. The molecule has 2 aromatic rings. The van der Waals surface area contributed by atoms with Crippen LogP contribution in [0.2, 0.25) is 5.04 Å². The van der Waals surface area contributed by atoms with E-state index < -0.39 is 14.4 Å². The highest BCUT2D eigenvalue weighted by Gasteiger charge is 2.50. The molecule has 2 rings (SSSR count). The van der Waals surface area contributed by atoms with Gasteiger partial charge in [-0.25, -0.2) is 0 Å². The van der Waals surface area contributed by atoms with E-state index in [4.69, 9.17) is 13.9 Å². The predicted molar refractivity (Wildman–Crippen MR) is 245 cm³/mol. The van der Waals surface area contributed by atoms with Crippen LogP contribution in [-0.2, 0) is 18.7 Å². The molecule has 0 aromatic heterocycles. The van der Waals surface area contributed by atoms with E-state index in [0.29, 0.717) is 13.0 Å². The first-order valence-electron chi connectivity index (χ1n) is 23.6. The lowest BCUT2D eigenvalue weighted by Gasteiger charge is -2.43. The average Bonchev–Trinajstić information content (AvgIpc) is 3.20. The van der Waals surface area contributed by atoms with Crippen LogP contribution in [0.1, 0.15) is 208 Å². The molecule has 2 aromatic carbocycles. The summed E-state index contributed by atoms with van der Waals surface area (Å²) in [5.74, 6) is -0.145. The fourth-order valence-corrected chi connectivity index (χ4v) is 12.6. The molecule has 1 atom stereocenters. The summed E-state index contributed by atoms with van der Waals surface area (Å²) in [4.78, 5) is 13.2. The Hall–Kier alpha value is -2.37. The molecular weight excluding hydrogens is 705 g/mol. The van der Waals surface area contributed by atoms with E-state index in [2.05, 4.69) is 101 Å². The fourth-order valence-electron chi connectivity index (χ4n) is 8.03. The maximum absolute atomic E-state index is 13.2. The third-order valence-electron chi connectivity index (χ3n) is 11.4. The molecule has 0 saturated carbocycles. The number of hydrogen-bond donors (Lipinski definition) is 0. The van der Waals surface area contributed by atoms with Crippen molar-refractivity contribution in [3.8, 4) is 0 Å². The normalized spacial score (nSPS) is 12.7. The van der Waals surface area contributed by atoms with E-state index in [1.807, 2.05) is 6.26 Å². The monoisotopic (exact) mass is 791 g/mol. The van der Waals surface area contributed by atoms with Crippen molar-refractivity contribution >= 4 is 24.7 Å². The molecular formula is C51H86O4Si. The van der Waals surface area contributed by atoms with E-state index in [0.717, 1.165) is 19.3 Å². The molecule has 318 valence electrons. The molecule has 0 N–H and O–H groups in total. The lowest BCUT2D eigenvalue weighted by atomic mass is 10.0. The molecule has 1 unspecified atom stereocenters. The third kappa shape index (κ3) is 22.0. The number of carbonyl (C=O) groups is 1. The Kier molecular flexibility index (Phi) is 28.9. The van der Waals surface area contributed by atoms with Crippen LogP contribution in [0.5, 0.6) is 0 Å². The highest BCUT2D eigenvalue weighted by Crippen LogP contribution is 2.37. The minimum atomic E-state index is -2.78. The van der Waals surface area contributed by atoms with Crippen molar-refractivity contribution in [2.75, 3.05) is 13.2 Å². The second-order valence-electron chi connectivity index (χ2n) is 17.5. The Morgan fingerprint density at radius 2 is 0.946 bits per heavy atom. The molecule has 4 nitrogen and oxygen atoms in total. The smallest absolute Gasteiger partial charge is 0.306 e. The molecule has 0 radical (unpaired) electrons. The molecule has 0 bridgehead atoms. The Labute approximate surface area is 347 Å². The second-order valence-corrected chi connectivity index (χ2v) is 21.8. The Balaban J connectivity index is 1.87. The summed E-state index contributed by atoms with van der Waals surface area (Å²) in [6, 6.07) is 21.4. The fraction of sp³-hybridized carbons (Fsp3) is 0.706. The first-order chi connectivity index (χ1) is 27.3. The summed E-state index contributed by atoms with van der Waals surface area (Å²) in [6.45, 7) is 12.0. The quantitative estimate of drug-likeness (QED) is 0.0298. The van der Waals surface area contributed by atoms with Crippen molar-refractivity contribution in [1.29, 1.82) is 0 Å². The van der Waals surface area contributed by atoms with Crippen molar-refractivity contribution in [1.82, 2.24) is 0 Å². The van der Waals surface area contributed by atoms with Crippen LogP contribution < -0.4 is 10.4 Å². The first-order valence-corrected chi connectivity index (χ1v) is 25.5. The van der Waals surface area contributed by atoms with Gasteiger partial charge in [-0.15, -0.1) is 0 Å². The van der Waals surface area contributed by atoms with Crippen molar-refractivity contribution in [2.24, 2.45) is 0 Å². The number of rotatable bonds is 36. The highest BCUT2D eigenvalue weighted by molar-refractivity contribution is 6.99. The molecule has 0 aliphatic rings. The van der Waals surface area contributed by atoms with Gasteiger partial charge in [-0.2, -0.15) is 0 Å². The molecule has 0 fully saturated rings. The second kappa shape index (κ2) is 32.6. The minimum Gasteiger partial charge on any atom is -0.498 e. The molecule has 56 heavy (non-hydrogen) atoms. The molecule has 0 saturated heterocycles. The number of carbonyl (C=O) groups excluding carboxylic acids is 1. The zero-order valence-electron chi connectivity index (χ0n) is 37.1. The summed E-state index contributed by atoms with van der Waals surface area (Å²) in [5, 5.41) is 2.28. The van der Waals surface area contributed by atoms with E-state index in [9.17, 15) is 4.79 Å². The number of unbranched alkanes of at least 4 members (excludes halogenated alkanes) is 24. The summed E-state index contributed by atoms with van der Waals surface area (Å²) in [6.07, 6.45) is 37.9. The standard InChI is InChI=1S/C51H86O4Si/c1-6-8-10-12-14-16-18-20-22-24-26-28-30-38-44-53-45-47(55-50(52)43-37-29-27-25-23-21-19-17-15-13-11-9-7-2)46-54-56(51(3,4)5,48-39-33-31-34-40-48)49-41-35-32-36-42-49/h31-36,38-42,44,47H,6-30,37,43,45-46H2,1-5H3/b44-38-. The summed E-state index contributed by atoms with van der Waals surface area (Å²) < 4.78 is 19.4. The van der Waals surface area contributed by atoms with Gasteiger partial charge in [0, 0.05) is 6.42 Å². The summed E-state index contributed by atoms with van der Waals surface area (Å²) in [7, 11) is -2.78. The van der Waals surface area contributed by atoms with Gasteiger partial charge in [0.15, 0.2) is 6.10 Å². The van der Waals surface area contributed by atoms with Gasteiger partial charge in [0.05, 0.1) is 12.9 Å². The number of ether oxygens (including phenoxy) is 2. The van der Waals surface area contributed by atoms with Crippen LogP contribution in [0.3, 0.4) is 0 Å². The van der Waals surface area contributed by atoms with E-state index in [-0.39, 0.29) is 17.6 Å². The zero-order chi connectivity index (χ0) is 40.4. The van der Waals surface area contributed by atoms with Crippen molar-refractivity contribution < 1.29 is 18.7 Å². The van der Waals surface area contributed by atoms with Crippen LogP contribution in [0, 0.1) is 0 Å². The Morgan fingerprint density at radius 1 is 0.554 bits per heavy atom. The predicted octanol–water partition coefficient (Wildman–Crippen LogP) is 14.6. The van der Waals surface area contributed by atoms with Gasteiger partial charge in [-0.1, -0.05) is 243 Å². The van der Waals surface area contributed by atoms with Gasteiger partial charge in [-0.05, 0) is 40.8 Å². The topological polar surface area (TPSA) is 44.8 Å². The minimum absolute atomic E-state index is 0.145. The number of benzene rings is 2. The maximum atomic E-state index is 13.2. The van der Waals surface area contributed by atoms with Gasteiger partial charge >= 0.3 is 5.97 Å². The van der Waals surface area contributed by atoms with Crippen LogP contribution >= 0.6 is 0 Å². The maximum Gasteiger partial charge on any atom is 0.306 e. The van der Waals surface area contributed by atoms with E-state index in [1.165, 1.54) is 158 Å². The largest absolute Gasteiger partial charge is 0.498 e. The SMILES string of the molecule is CCCCCCCCCCCCCC/C=C\OCC(CO[Si](c1ccccc1)(c1ccccc1)C(C)(C)C)OC(=O)CCCCCCCCCCCCCCC. The molecule has 0 aliphatic heterocycles. The van der Waals surface area contributed by atoms with Crippen LogP contribution in [0.4, 0.5) is 0 Å². The van der Waals surface area contributed by atoms with Gasteiger partial charge in [0.2, 0.25) is 0 Å². The van der Waals surface area contributed by atoms with Crippen molar-refractivity contribution in [3.05, 3.63) is 73.0 Å². The molecule has 0 aliphatic carbocycles. The lowest BCUT2D eigenvalue weighted by molar-refractivity contribution is -0.153. The van der Waals surface area contributed by atoms with Crippen LogP contribution in [0.15, 0.2) is 73.0 Å². The number of hydrogen-bond acceptors (Lipinski definition) is 4. The third-order valence-corrected chi connectivity index (χ3v) is 16.4. The molecule has 0 spiro atoms. The first kappa shape index (κ1) is 49.8. The van der Waals surface area contributed by atoms with Crippen molar-refractivity contribution in [2.45, 2.75) is 219 Å². The van der Waals surface area contributed by atoms with E-state index in [1.54, 1.807) is 0 Å². The van der Waals surface area contributed by atoms with Gasteiger partial charge < -0.3 is 13.9 Å². The molecule has 0 amide bonds. The van der Waals surface area contributed by atoms with Gasteiger partial charge in [0.25, 0.3) is 8.32 Å². The highest BCUT2D eigenvalue weighted by atomic mass is 28.4. The lowest BCUT2D eigenvalue weighted by Crippen LogP contribution is -2.67. The Morgan fingerprint density at radius 3 is 1.36 bits per heavy atom.